The van der Waals surface area contributed by atoms with Crippen LogP contribution in [-0.4, -0.2) is 29.3 Å². The Balaban J connectivity index is 1.62. The van der Waals surface area contributed by atoms with Gasteiger partial charge in [-0.2, -0.15) is 0 Å². The zero-order valence-corrected chi connectivity index (χ0v) is 18.7. The lowest BCUT2D eigenvalue weighted by Gasteiger charge is -2.48. The van der Waals surface area contributed by atoms with Gasteiger partial charge in [0.2, 0.25) is 11.8 Å². The minimum absolute atomic E-state index is 0.0622. The fourth-order valence-electron chi connectivity index (χ4n) is 6.33. The van der Waals surface area contributed by atoms with Gasteiger partial charge in [0.1, 0.15) is 5.92 Å². The number of nitro groups is 1. The average molecular weight is 468 g/mol. The summed E-state index contributed by atoms with van der Waals surface area (Å²) in [6.45, 7) is 1.78. The summed E-state index contributed by atoms with van der Waals surface area (Å²) < 4.78 is 5.13. The van der Waals surface area contributed by atoms with Crippen LogP contribution in [0, 0.1) is 22.0 Å². The number of hydrogen-bond donors (Lipinski definition) is 0. The van der Waals surface area contributed by atoms with Crippen LogP contribution in [0.5, 0.6) is 0 Å². The Morgan fingerprint density at radius 2 is 1.51 bits per heavy atom. The van der Waals surface area contributed by atoms with Crippen molar-refractivity contribution in [2.45, 2.75) is 18.4 Å². The van der Waals surface area contributed by atoms with Gasteiger partial charge in [-0.1, -0.05) is 60.7 Å². The van der Waals surface area contributed by atoms with Gasteiger partial charge in [-0.15, -0.1) is 0 Å². The highest BCUT2D eigenvalue weighted by atomic mass is 16.6. The monoisotopic (exact) mass is 468 g/mol. The Hall–Kier alpha value is -4.33. The Labute approximate surface area is 200 Å². The summed E-state index contributed by atoms with van der Waals surface area (Å²) in [6.07, 6.45) is 0. The van der Waals surface area contributed by atoms with Gasteiger partial charge in [-0.05, 0) is 30.2 Å². The summed E-state index contributed by atoms with van der Waals surface area (Å²) in [4.78, 5) is 54.2. The maximum Gasteiger partial charge on any atom is 0.340 e. The van der Waals surface area contributed by atoms with Crippen LogP contribution in [-0.2, 0) is 19.9 Å². The first-order valence-electron chi connectivity index (χ1n) is 11.4. The molecule has 174 valence electrons. The van der Waals surface area contributed by atoms with E-state index in [9.17, 15) is 24.5 Å². The maximum absolute atomic E-state index is 14.1. The molecule has 3 aliphatic carbocycles. The number of para-hydroxylation sites is 1. The van der Waals surface area contributed by atoms with Crippen LogP contribution in [0.3, 0.4) is 0 Å². The Kier molecular flexibility index (Phi) is 4.45. The second kappa shape index (κ2) is 7.33. The molecule has 0 aromatic heterocycles. The molecule has 3 aromatic rings. The molecule has 3 aromatic carbocycles. The van der Waals surface area contributed by atoms with Crippen LogP contribution in [0.15, 0.2) is 72.8 Å². The summed E-state index contributed by atoms with van der Waals surface area (Å²) in [6, 6.07) is 20.2. The van der Waals surface area contributed by atoms with Gasteiger partial charge in [0.25, 0.3) is 5.54 Å². The number of ether oxygens (including phenoxy) is 1. The quantitative estimate of drug-likeness (QED) is 0.250. The average Bonchev–Trinajstić information content (AvgIpc) is 3.14. The molecule has 8 nitrogen and oxygen atoms in total. The number of carbonyl (C=O) groups is 3. The smallest absolute Gasteiger partial charge is 0.340 e. The molecule has 0 N–H and O–H groups in total. The van der Waals surface area contributed by atoms with E-state index in [0.29, 0.717) is 22.3 Å². The first kappa shape index (κ1) is 21.2. The molecule has 1 aliphatic heterocycles. The van der Waals surface area contributed by atoms with E-state index in [-0.39, 0.29) is 17.9 Å². The second-order valence-electron chi connectivity index (χ2n) is 8.93. The van der Waals surface area contributed by atoms with Gasteiger partial charge >= 0.3 is 5.97 Å². The van der Waals surface area contributed by atoms with E-state index >= 15 is 0 Å². The predicted molar refractivity (Wildman–Crippen MR) is 124 cm³/mol. The van der Waals surface area contributed by atoms with Gasteiger partial charge in [0.15, 0.2) is 0 Å². The third-order valence-electron chi connectivity index (χ3n) is 7.50. The van der Waals surface area contributed by atoms with Crippen molar-refractivity contribution < 1.29 is 24.0 Å². The zero-order chi connectivity index (χ0) is 24.5. The molecular weight excluding hydrogens is 448 g/mol. The van der Waals surface area contributed by atoms with Crippen molar-refractivity contribution in [1.82, 2.24) is 0 Å². The predicted octanol–water partition coefficient (Wildman–Crippen LogP) is 3.65. The highest BCUT2D eigenvalue weighted by Gasteiger charge is 2.75. The lowest BCUT2D eigenvalue weighted by atomic mass is 9.51. The molecular formula is C27H20N2O6. The van der Waals surface area contributed by atoms with E-state index in [1.165, 1.54) is 12.1 Å². The molecule has 2 bridgehead atoms. The molecule has 7 rings (SSSR count). The Morgan fingerprint density at radius 3 is 2.11 bits per heavy atom. The minimum atomic E-state index is -1.91. The van der Waals surface area contributed by atoms with Crippen LogP contribution >= 0.6 is 0 Å². The molecule has 1 saturated heterocycles. The van der Waals surface area contributed by atoms with Gasteiger partial charge in [-0.25, -0.2) is 9.69 Å². The molecule has 0 radical (unpaired) electrons. The normalized spacial score (nSPS) is 25.6. The number of carbonyl (C=O) groups excluding carboxylic acids is 3. The molecule has 2 atom stereocenters. The highest BCUT2D eigenvalue weighted by molar-refractivity contribution is 6.25. The standard InChI is InChI=1S/C27H20N2O6/c1-2-35-26(32)17-11-5-8-14-20(17)28-24(30)22-21-15-9-3-6-12-18(15)27(29(33)34,23(22)25(28)31)19-13-7-4-10-16(19)21/h3-14,21-23H,2H2,1H3/t21?,22-,23-,27?/m1/s1. The number of imide groups is 1. The lowest BCUT2D eigenvalue weighted by molar-refractivity contribution is -0.578. The largest absolute Gasteiger partial charge is 0.462 e. The van der Waals surface area contributed by atoms with E-state index in [1.807, 2.05) is 0 Å². The molecule has 1 fully saturated rings. The van der Waals surface area contributed by atoms with Crippen molar-refractivity contribution >= 4 is 23.5 Å². The summed E-state index contributed by atoms with van der Waals surface area (Å²) in [5.41, 5.74) is 0.492. The van der Waals surface area contributed by atoms with Crippen LogP contribution in [0.4, 0.5) is 5.69 Å². The van der Waals surface area contributed by atoms with Crippen molar-refractivity contribution in [3.8, 4) is 0 Å². The van der Waals surface area contributed by atoms with Crippen molar-refractivity contribution in [2.75, 3.05) is 11.5 Å². The van der Waals surface area contributed by atoms with Gasteiger partial charge < -0.3 is 4.74 Å². The van der Waals surface area contributed by atoms with Gasteiger partial charge in [0, 0.05) is 22.0 Å². The Bertz CT molecular complexity index is 1400. The third kappa shape index (κ3) is 2.48. The molecule has 0 saturated carbocycles. The topological polar surface area (TPSA) is 107 Å². The number of amides is 2. The maximum atomic E-state index is 14.1. The number of benzene rings is 3. The molecule has 8 heteroatoms. The van der Waals surface area contributed by atoms with E-state index in [1.54, 1.807) is 67.6 Å². The zero-order valence-electron chi connectivity index (χ0n) is 18.7. The van der Waals surface area contributed by atoms with Crippen LogP contribution in [0.2, 0.25) is 0 Å². The third-order valence-corrected chi connectivity index (χ3v) is 7.50. The molecule has 2 amide bonds. The second-order valence-corrected chi connectivity index (χ2v) is 8.93. The summed E-state index contributed by atoms with van der Waals surface area (Å²) in [5.74, 6) is -4.61. The van der Waals surface area contributed by atoms with E-state index in [2.05, 4.69) is 0 Å². The molecule has 0 spiro atoms. The number of rotatable bonds is 4. The van der Waals surface area contributed by atoms with Crippen LogP contribution < -0.4 is 4.90 Å². The van der Waals surface area contributed by atoms with Gasteiger partial charge in [-0.3, -0.25) is 19.7 Å². The fourth-order valence-corrected chi connectivity index (χ4v) is 6.33. The first-order valence-corrected chi connectivity index (χ1v) is 11.4. The number of esters is 1. The fraction of sp³-hybridized carbons (Fsp3) is 0.222. The molecule has 4 aliphatic rings. The summed E-state index contributed by atoms with van der Waals surface area (Å²) in [7, 11) is 0. The van der Waals surface area contributed by atoms with E-state index < -0.39 is 46.0 Å². The van der Waals surface area contributed by atoms with Crippen LogP contribution in [0.25, 0.3) is 0 Å². The molecule has 0 unspecified atom stereocenters. The molecule has 35 heavy (non-hydrogen) atoms. The lowest BCUT2D eigenvalue weighted by Crippen LogP contribution is -2.57. The SMILES string of the molecule is CCOC(=O)c1ccccc1N1C(=O)[C@@H]2C3c4ccccc4C([N+](=O)[O-])(c4ccccc43)[C@H]2C1=O. The minimum Gasteiger partial charge on any atom is -0.462 e. The number of anilines is 1. The van der Waals surface area contributed by atoms with Gasteiger partial charge in [0.05, 0.1) is 23.8 Å². The van der Waals surface area contributed by atoms with Crippen molar-refractivity contribution in [3.05, 3.63) is 111 Å². The summed E-state index contributed by atoms with van der Waals surface area (Å²) in [5, 5.41) is 13.0. The van der Waals surface area contributed by atoms with E-state index in [0.717, 1.165) is 4.90 Å². The summed E-state index contributed by atoms with van der Waals surface area (Å²) >= 11 is 0. The van der Waals surface area contributed by atoms with Crippen molar-refractivity contribution in [1.29, 1.82) is 0 Å². The van der Waals surface area contributed by atoms with Crippen molar-refractivity contribution in [2.24, 2.45) is 11.8 Å². The highest BCUT2D eigenvalue weighted by Crippen LogP contribution is 2.64. The molecule has 1 heterocycles. The number of nitrogens with zero attached hydrogens (tertiary/aromatic N) is 2. The van der Waals surface area contributed by atoms with Crippen LogP contribution in [0.1, 0.15) is 45.5 Å². The number of hydrogen-bond acceptors (Lipinski definition) is 6. The van der Waals surface area contributed by atoms with Crippen molar-refractivity contribution in [3.63, 3.8) is 0 Å². The first-order chi connectivity index (χ1) is 16.9. The van der Waals surface area contributed by atoms with E-state index in [4.69, 9.17) is 4.74 Å². The Morgan fingerprint density at radius 1 is 0.943 bits per heavy atom.